The molecule has 0 saturated heterocycles. The Morgan fingerprint density at radius 1 is 1.20 bits per heavy atom. The summed E-state index contributed by atoms with van der Waals surface area (Å²) < 4.78 is 0.910. The van der Waals surface area contributed by atoms with Gasteiger partial charge in [-0.05, 0) is 36.8 Å². The molecule has 0 aliphatic heterocycles. The van der Waals surface area contributed by atoms with Crippen LogP contribution in [0, 0.1) is 6.92 Å². The molecule has 3 N–H and O–H groups in total. The Kier molecular flexibility index (Phi) is 4.71. The van der Waals surface area contributed by atoms with Crippen molar-refractivity contribution in [2.45, 2.75) is 24.3 Å². The first-order chi connectivity index (χ1) is 12.0. The van der Waals surface area contributed by atoms with E-state index in [0.717, 1.165) is 27.2 Å². The van der Waals surface area contributed by atoms with Crippen LogP contribution in [0.15, 0.2) is 52.4 Å². The van der Waals surface area contributed by atoms with Gasteiger partial charge in [0.05, 0.1) is 5.25 Å². The number of aromatic nitrogens is 3. The van der Waals surface area contributed by atoms with Crippen molar-refractivity contribution in [3.8, 4) is 0 Å². The number of amides is 1. The van der Waals surface area contributed by atoms with E-state index in [1.807, 2.05) is 42.5 Å². The number of fused-ring (bicyclic) bond motifs is 1. The van der Waals surface area contributed by atoms with Crippen LogP contribution in [0.1, 0.15) is 12.6 Å². The van der Waals surface area contributed by atoms with E-state index in [9.17, 15) is 9.59 Å². The summed E-state index contributed by atoms with van der Waals surface area (Å²) in [5.41, 5.74) is 0.482. The third kappa shape index (κ3) is 3.63. The van der Waals surface area contributed by atoms with Crippen molar-refractivity contribution in [1.82, 2.24) is 14.9 Å². The minimum Gasteiger partial charge on any atom is -0.334 e. The lowest BCUT2D eigenvalue weighted by atomic mass is 10.1. The van der Waals surface area contributed by atoms with Gasteiger partial charge in [0, 0.05) is 5.69 Å². The van der Waals surface area contributed by atoms with Crippen LogP contribution in [0.2, 0.25) is 0 Å². The molecule has 0 radical (unpaired) electrons. The van der Waals surface area contributed by atoms with Crippen LogP contribution in [0.3, 0.4) is 0 Å². The number of nitrogen functional groups attached to an aromatic ring is 1. The van der Waals surface area contributed by atoms with Crippen LogP contribution in [-0.2, 0) is 4.79 Å². The predicted octanol–water partition coefficient (Wildman–Crippen LogP) is 1.93. The third-order valence-corrected chi connectivity index (χ3v) is 4.75. The summed E-state index contributed by atoms with van der Waals surface area (Å²) in [6.07, 6.45) is 0. The number of thioether (sulfide) groups is 1. The Labute approximate surface area is 148 Å². The second-order valence-electron chi connectivity index (χ2n) is 5.55. The first kappa shape index (κ1) is 17.0. The van der Waals surface area contributed by atoms with Crippen molar-refractivity contribution < 1.29 is 4.79 Å². The predicted molar refractivity (Wildman–Crippen MR) is 99.1 cm³/mol. The number of benzene rings is 2. The monoisotopic (exact) mass is 355 g/mol. The Hall–Kier alpha value is -2.87. The van der Waals surface area contributed by atoms with E-state index in [1.165, 1.54) is 6.92 Å². The fourth-order valence-electron chi connectivity index (χ4n) is 2.27. The van der Waals surface area contributed by atoms with Crippen molar-refractivity contribution in [1.29, 1.82) is 0 Å². The van der Waals surface area contributed by atoms with Crippen LogP contribution >= 0.6 is 11.8 Å². The normalized spacial score (nSPS) is 12.1. The van der Waals surface area contributed by atoms with Gasteiger partial charge < -0.3 is 11.2 Å². The van der Waals surface area contributed by atoms with Gasteiger partial charge in [0.15, 0.2) is 0 Å². The van der Waals surface area contributed by atoms with Crippen LogP contribution in [0.4, 0.5) is 5.69 Å². The summed E-state index contributed by atoms with van der Waals surface area (Å²) in [6, 6.07) is 13.6. The van der Waals surface area contributed by atoms with Gasteiger partial charge in [-0.15, -0.1) is 10.2 Å². The van der Waals surface area contributed by atoms with Gasteiger partial charge in [0.2, 0.25) is 11.1 Å². The zero-order chi connectivity index (χ0) is 18.0. The van der Waals surface area contributed by atoms with Crippen LogP contribution in [0.25, 0.3) is 10.8 Å². The number of hydrogen-bond acceptors (Lipinski definition) is 6. The van der Waals surface area contributed by atoms with E-state index < -0.39 is 10.8 Å². The van der Waals surface area contributed by atoms with E-state index in [4.69, 9.17) is 5.84 Å². The molecule has 0 aliphatic carbocycles. The highest BCUT2D eigenvalue weighted by Crippen LogP contribution is 2.22. The Bertz CT molecular complexity index is 1000. The molecule has 0 spiro atoms. The number of nitrogens with zero attached hydrogens (tertiary/aromatic N) is 3. The summed E-state index contributed by atoms with van der Waals surface area (Å²) in [4.78, 5) is 24.2. The molecule has 3 aromatic rings. The molecule has 0 unspecified atom stereocenters. The molecule has 0 fully saturated rings. The maximum absolute atomic E-state index is 12.4. The van der Waals surface area contributed by atoms with Crippen LogP contribution in [0.5, 0.6) is 0 Å². The molecule has 1 amide bonds. The SMILES string of the molecule is Cc1nnc(S[C@@H](C)C(=O)Nc2ccc3ccccc3c2)n(N)c1=O. The van der Waals surface area contributed by atoms with Crippen molar-refractivity contribution >= 4 is 34.1 Å². The quantitative estimate of drug-likeness (QED) is 0.548. The highest BCUT2D eigenvalue weighted by Gasteiger charge is 2.18. The minimum atomic E-state index is -0.502. The number of nitrogens with one attached hydrogen (secondary N) is 1. The van der Waals surface area contributed by atoms with E-state index in [0.29, 0.717) is 5.69 Å². The average Bonchev–Trinajstić information content (AvgIpc) is 2.62. The lowest BCUT2D eigenvalue weighted by molar-refractivity contribution is -0.115. The fraction of sp³-hybridized carbons (Fsp3) is 0.176. The molecule has 1 aromatic heterocycles. The maximum Gasteiger partial charge on any atom is 0.294 e. The largest absolute Gasteiger partial charge is 0.334 e. The first-order valence-electron chi connectivity index (χ1n) is 7.63. The highest BCUT2D eigenvalue weighted by molar-refractivity contribution is 8.00. The number of aryl methyl sites for hydroxylation is 1. The van der Waals surface area contributed by atoms with Crippen LogP contribution in [-0.4, -0.2) is 26.0 Å². The van der Waals surface area contributed by atoms with Crippen LogP contribution < -0.4 is 16.7 Å². The van der Waals surface area contributed by atoms with E-state index in [2.05, 4.69) is 15.5 Å². The first-order valence-corrected chi connectivity index (χ1v) is 8.51. The fourth-order valence-corrected chi connectivity index (χ4v) is 3.04. The van der Waals surface area contributed by atoms with Gasteiger partial charge in [-0.1, -0.05) is 42.1 Å². The summed E-state index contributed by atoms with van der Waals surface area (Å²) in [5.74, 6) is 5.48. The molecule has 2 aromatic carbocycles. The van der Waals surface area contributed by atoms with Crippen molar-refractivity contribution in [2.24, 2.45) is 0 Å². The molecule has 0 saturated carbocycles. The summed E-state index contributed by atoms with van der Waals surface area (Å²) in [5, 5.41) is 12.3. The van der Waals surface area contributed by atoms with Crippen molar-refractivity contribution in [3.63, 3.8) is 0 Å². The Morgan fingerprint density at radius 3 is 2.68 bits per heavy atom. The minimum absolute atomic E-state index is 0.191. The summed E-state index contributed by atoms with van der Waals surface area (Å²) >= 11 is 1.08. The Morgan fingerprint density at radius 2 is 1.92 bits per heavy atom. The highest BCUT2D eigenvalue weighted by atomic mass is 32.2. The number of rotatable bonds is 4. The zero-order valence-corrected chi connectivity index (χ0v) is 14.6. The molecular weight excluding hydrogens is 338 g/mol. The molecule has 1 heterocycles. The summed E-state index contributed by atoms with van der Waals surface area (Å²) in [7, 11) is 0. The number of nitrogens with two attached hydrogens (primary N) is 1. The molecular formula is C17H17N5O2S. The number of hydrogen-bond donors (Lipinski definition) is 2. The second kappa shape index (κ2) is 6.94. The summed E-state index contributed by atoms with van der Waals surface area (Å²) in [6.45, 7) is 3.25. The number of carbonyl (C=O) groups is 1. The van der Waals surface area contributed by atoms with E-state index in [-0.39, 0.29) is 16.8 Å². The zero-order valence-electron chi connectivity index (χ0n) is 13.8. The standard InChI is InChI=1S/C17H17N5O2S/c1-10-16(24)22(18)17(21-20-10)25-11(2)15(23)19-14-8-7-12-5-3-4-6-13(12)9-14/h3-9,11H,18H2,1-2H3,(H,19,23)/t11-/m0/s1. The van der Waals surface area contributed by atoms with Gasteiger partial charge in [0.1, 0.15) is 5.69 Å². The maximum atomic E-state index is 12.4. The molecule has 1 atom stereocenters. The van der Waals surface area contributed by atoms with E-state index in [1.54, 1.807) is 6.92 Å². The number of anilines is 1. The lowest BCUT2D eigenvalue weighted by Gasteiger charge is -2.13. The molecule has 3 rings (SSSR count). The molecule has 7 nitrogen and oxygen atoms in total. The van der Waals surface area contributed by atoms with E-state index >= 15 is 0 Å². The van der Waals surface area contributed by atoms with Gasteiger partial charge in [-0.3, -0.25) is 9.59 Å². The van der Waals surface area contributed by atoms with Crippen molar-refractivity contribution in [3.05, 3.63) is 58.5 Å². The smallest absolute Gasteiger partial charge is 0.294 e. The van der Waals surface area contributed by atoms with Gasteiger partial charge in [-0.2, -0.15) is 4.68 Å². The van der Waals surface area contributed by atoms with Gasteiger partial charge in [0.25, 0.3) is 5.56 Å². The average molecular weight is 355 g/mol. The molecule has 0 aliphatic rings. The molecule has 128 valence electrons. The molecule has 25 heavy (non-hydrogen) atoms. The third-order valence-electron chi connectivity index (χ3n) is 3.69. The lowest BCUT2D eigenvalue weighted by Crippen LogP contribution is -2.33. The van der Waals surface area contributed by atoms with Gasteiger partial charge in [-0.25, -0.2) is 0 Å². The number of carbonyl (C=O) groups excluding carboxylic acids is 1. The van der Waals surface area contributed by atoms with Crippen molar-refractivity contribution in [2.75, 3.05) is 11.2 Å². The van der Waals surface area contributed by atoms with Gasteiger partial charge >= 0.3 is 0 Å². The molecule has 0 bridgehead atoms. The Balaban J connectivity index is 1.74. The molecule has 8 heteroatoms. The topological polar surface area (TPSA) is 103 Å². The second-order valence-corrected chi connectivity index (χ2v) is 6.86.